The lowest BCUT2D eigenvalue weighted by molar-refractivity contribution is -0.384. The number of carbonyl (C=O) groups is 2. The standard InChI is InChI=1S/C25H27ClN4O4/c1-18(2)29(25(32)22-12-11-20(30(33)34)14-23(22)26)17-24(31)28(15-19-8-5-4-6-9-19)16-21-10-7-13-27(21)3/h4-14,18H,15-17H2,1-3H3. The van der Waals surface area contributed by atoms with Crippen molar-refractivity contribution in [1.29, 1.82) is 0 Å². The molecule has 0 saturated carbocycles. The highest BCUT2D eigenvalue weighted by atomic mass is 35.5. The molecule has 0 unspecified atom stereocenters. The molecule has 8 nitrogen and oxygen atoms in total. The van der Waals surface area contributed by atoms with Crippen LogP contribution in [0.5, 0.6) is 0 Å². The molecule has 3 aromatic rings. The molecule has 178 valence electrons. The summed E-state index contributed by atoms with van der Waals surface area (Å²) in [5.74, 6) is -0.674. The maximum atomic E-state index is 13.5. The van der Waals surface area contributed by atoms with Crippen molar-refractivity contribution in [2.24, 2.45) is 7.05 Å². The van der Waals surface area contributed by atoms with Gasteiger partial charge in [-0.05, 0) is 37.6 Å². The number of nitro benzene ring substituents is 1. The molecule has 0 aliphatic rings. The summed E-state index contributed by atoms with van der Waals surface area (Å²) in [7, 11) is 1.92. The zero-order valence-corrected chi connectivity index (χ0v) is 20.1. The van der Waals surface area contributed by atoms with E-state index in [1.807, 2.05) is 74.1 Å². The number of aryl methyl sites for hydroxylation is 1. The molecule has 0 spiro atoms. The van der Waals surface area contributed by atoms with Crippen LogP contribution < -0.4 is 0 Å². The first-order chi connectivity index (χ1) is 16.2. The fourth-order valence-electron chi connectivity index (χ4n) is 3.57. The molecule has 2 amide bonds. The van der Waals surface area contributed by atoms with Crippen molar-refractivity contribution in [2.45, 2.75) is 33.0 Å². The minimum absolute atomic E-state index is 0.0257. The Kier molecular flexibility index (Phi) is 8.07. The van der Waals surface area contributed by atoms with E-state index in [2.05, 4.69) is 0 Å². The summed E-state index contributed by atoms with van der Waals surface area (Å²) >= 11 is 6.19. The number of aromatic nitrogens is 1. The highest BCUT2D eigenvalue weighted by molar-refractivity contribution is 6.34. The lowest BCUT2D eigenvalue weighted by atomic mass is 10.1. The fraction of sp³-hybridized carbons (Fsp3) is 0.280. The average molecular weight is 483 g/mol. The minimum atomic E-state index is -0.574. The van der Waals surface area contributed by atoms with Crippen LogP contribution in [-0.4, -0.2) is 43.7 Å². The third-order valence-electron chi connectivity index (χ3n) is 5.56. The maximum absolute atomic E-state index is 13.5. The Labute approximate surface area is 203 Å². The Morgan fingerprint density at radius 2 is 1.76 bits per heavy atom. The van der Waals surface area contributed by atoms with Crippen LogP contribution in [0.4, 0.5) is 5.69 Å². The van der Waals surface area contributed by atoms with E-state index in [9.17, 15) is 19.7 Å². The first-order valence-corrected chi connectivity index (χ1v) is 11.2. The van der Waals surface area contributed by atoms with Crippen LogP contribution in [0.3, 0.4) is 0 Å². The van der Waals surface area contributed by atoms with Gasteiger partial charge in [-0.1, -0.05) is 41.9 Å². The van der Waals surface area contributed by atoms with Crippen LogP contribution in [0.2, 0.25) is 5.02 Å². The Bertz CT molecular complexity index is 1180. The van der Waals surface area contributed by atoms with Crippen LogP contribution >= 0.6 is 11.6 Å². The summed E-state index contributed by atoms with van der Waals surface area (Å²) in [5, 5.41) is 11.0. The highest BCUT2D eigenvalue weighted by Gasteiger charge is 2.27. The van der Waals surface area contributed by atoms with Gasteiger partial charge in [-0.25, -0.2) is 0 Å². The summed E-state index contributed by atoms with van der Waals surface area (Å²) < 4.78 is 1.95. The highest BCUT2D eigenvalue weighted by Crippen LogP contribution is 2.24. The van der Waals surface area contributed by atoms with Crippen LogP contribution in [-0.2, 0) is 24.9 Å². The largest absolute Gasteiger partial charge is 0.353 e. The number of nitro groups is 1. The lowest BCUT2D eigenvalue weighted by Crippen LogP contribution is -2.45. The second kappa shape index (κ2) is 11.0. The predicted molar refractivity (Wildman–Crippen MR) is 130 cm³/mol. The summed E-state index contributed by atoms with van der Waals surface area (Å²) in [4.78, 5) is 40.3. The lowest BCUT2D eigenvalue weighted by Gasteiger charge is -2.30. The SMILES string of the molecule is CC(C)N(CC(=O)N(Cc1ccccc1)Cc1cccn1C)C(=O)c1ccc([N+](=O)[O-])cc1Cl. The molecule has 0 bridgehead atoms. The Balaban J connectivity index is 1.85. The van der Waals surface area contributed by atoms with E-state index in [0.29, 0.717) is 13.1 Å². The molecule has 34 heavy (non-hydrogen) atoms. The number of carbonyl (C=O) groups excluding carboxylic acids is 2. The zero-order valence-electron chi connectivity index (χ0n) is 19.3. The topological polar surface area (TPSA) is 88.7 Å². The summed E-state index contributed by atoms with van der Waals surface area (Å²) in [6.45, 7) is 4.24. The fourth-order valence-corrected chi connectivity index (χ4v) is 3.83. The molecule has 0 N–H and O–H groups in total. The summed E-state index contributed by atoms with van der Waals surface area (Å²) in [6.07, 6.45) is 1.92. The van der Waals surface area contributed by atoms with Gasteiger partial charge in [-0.3, -0.25) is 19.7 Å². The van der Waals surface area contributed by atoms with E-state index in [1.165, 1.54) is 17.0 Å². The molecule has 1 heterocycles. The molecule has 0 aliphatic heterocycles. The second-order valence-corrected chi connectivity index (χ2v) is 8.70. The van der Waals surface area contributed by atoms with Crippen LogP contribution in [0, 0.1) is 10.1 Å². The second-order valence-electron chi connectivity index (χ2n) is 8.29. The smallest absolute Gasteiger partial charge is 0.270 e. The van der Waals surface area contributed by atoms with E-state index < -0.39 is 10.8 Å². The number of hydrogen-bond donors (Lipinski definition) is 0. The molecular formula is C25H27ClN4O4. The number of non-ortho nitro benzene ring substituents is 1. The first kappa shape index (κ1) is 25.0. The Morgan fingerprint density at radius 1 is 1.06 bits per heavy atom. The zero-order chi connectivity index (χ0) is 24.8. The molecule has 0 saturated heterocycles. The van der Waals surface area contributed by atoms with Gasteiger partial charge in [0.05, 0.1) is 22.1 Å². The van der Waals surface area contributed by atoms with Gasteiger partial charge in [0, 0.05) is 43.7 Å². The molecule has 0 radical (unpaired) electrons. The quantitative estimate of drug-likeness (QED) is 0.327. The van der Waals surface area contributed by atoms with E-state index in [-0.39, 0.29) is 34.8 Å². The molecule has 0 fully saturated rings. The van der Waals surface area contributed by atoms with Gasteiger partial charge in [0.2, 0.25) is 5.91 Å². The number of benzene rings is 2. The van der Waals surface area contributed by atoms with Crippen molar-refractivity contribution in [3.8, 4) is 0 Å². The molecule has 9 heteroatoms. The third-order valence-corrected chi connectivity index (χ3v) is 5.87. The van der Waals surface area contributed by atoms with Gasteiger partial charge in [0.15, 0.2) is 0 Å². The van der Waals surface area contributed by atoms with Crippen LogP contribution in [0.15, 0.2) is 66.9 Å². The predicted octanol–water partition coefficient (Wildman–Crippen LogP) is 4.67. The number of rotatable bonds is 9. The summed E-state index contributed by atoms with van der Waals surface area (Å²) in [6, 6.07) is 16.9. The van der Waals surface area contributed by atoms with Crippen molar-refractivity contribution in [3.63, 3.8) is 0 Å². The van der Waals surface area contributed by atoms with E-state index in [1.54, 1.807) is 4.90 Å². The van der Waals surface area contributed by atoms with Crippen molar-refractivity contribution in [3.05, 3.63) is 98.8 Å². The molecule has 3 rings (SSSR count). The van der Waals surface area contributed by atoms with Gasteiger partial charge >= 0.3 is 0 Å². The van der Waals surface area contributed by atoms with Gasteiger partial charge in [-0.15, -0.1) is 0 Å². The van der Waals surface area contributed by atoms with Gasteiger partial charge in [-0.2, -0.15) is 0 Å². The number of amides is 2. The minimum Gasteiger partial charge on any atom is -0.353 e. The van der Waals surface area contributed by atoms with Crippen LogP contribution in [0.25, 0.3) is 0 Å². The Morgan fingerprint density at radius 3 is 2.32 bits per heavy atom. The molecular weight excluding hydrogens is 456 g/mol. The first-order valence-electron chi connectivity index (χ1n) is 10.8. The molecule has 0 atom stereocenters. The van der Waals surface area contributed by atoms with Gasteiger partial charge in [0.1, 0.15) is 6.54 Å². The number of nitrogens with zero attached hydrogens (tertiary/aromatic N) is 4. The molecule has 0 aliphatic carbocycles. The van der Waals surface area contributed by atoms with E-state index in [0.717, 1.165) is 17.3 Å². The van der Waals surface area contributed by atoms with Crippen molar-refractivity contribution in [2.75, 3.05) is 6.54 Å². The van der Waals surface area contributed by atoms with Gasteiger partial charge < -0.3 is 14.4 Å². The monoisotopic (exact) mass is 482 g/mol. The van der Waals surface area contributed by atoms with E-state index >= 15 is 0 Å². The van der Waals surface area contributed by atoms with Crippen molar-refractivity contribution < 1.29 is 14.5 Å². The van der Waals surface area contributed by atoms with Gasteiger partial charge in [0.25, 0.3) is 11.6 Å². The van der Waals surface area contributed by atoms with E-state index in [4.69, 9.17) is 11.6 Å². The average Bonchev–Trinajstić information content (AvgIpc) is 3.21. The van der Waals surface area contributed by atoms with Crippen molar-refractivity contribution in [1.82, 2.24) is 14.4 Å². The van der Waals surface area contributed by atoms with Crippen molar-refractivity contribution >= 4 is 29.1 Å². The normalized spacial score (nSPS) is 10.9. The molecule has 2 aromatic carbocycles. The number of hydrogen-bond acceptors (Lipinski definition) is 4. The Hall–Kier alpha value is -3.65. The summed E-state index contributed by atoms with van der Waals surface area (Å²) in [5.41, 5.74) is 1.85. The van der Waals surface area contributed by atoms with Crippen LogP contribution in [0.1, 0.15) is 35.5 Å². The maximum Gasteiger partial charge on any atom is 0.270 e. The molecule has 1 aromatic heterocycles. The third kappa shape index (κ3) is 6.02. The number of halogens is 1.